The number of rotatable bonds is 6. The van der Waals surface area contributed by atoms with Gasteiger partial charge in [0.15, 0.2) is 0 Å². The highest BCUT2D eigenvalue weighted by molar-refractivity contribution is 5.75. The molecule has 0 radical (unpaired) electrons. The number of nitrogens with zero attached hydrogens (tertiary/aromatic N) is 1. The summed E-state index contributed by atoms with van der Waals surface area (Å²) in [5.41, 5.74) is 0. The van der Waals surface area contributed by atoms with E-state index < -0.39 is 12.0 Å². The molecular formula is C9H18N2O3. The molecule has 0 heterocycles. The molecule has 1 amide bonds. The van der Waals surface area contributed by atoms with Crippen molar-refractivity contribution >= 4 is 11.9 Å². The van der Waals surface area contributed by atoms with Gasteiger partial charge >= 0.3 is 5.97 Å². The zero-order valence-electron chi connectivity index (χ0n) is 8.91. The predicted octanol–water partition coefficient (Wildman–Crippen LogP) is -0.0825. The van der Waals surface area contributed by atoms with Crippen LogP contribution in [0.4, 0.5) is 0 Å². The van der Waals surface area contributed by atoms with Crippen molar-refractivity contribution < 1.29 is 14.7 Å². The number of carbonyl (C=O) groups is 2. The molecule has 0 fully saturated rings. The van der Waals surface area contributed by atoms with Gasteiger partial charge < -0.3 is 10.4 Å². The summed E-state index contributed by atoms with van der Waals surface area (Å²) < 4.78 is 0. The average molecular weight is 202 g/mol. The van der Waals surface area contributed by atoms with Crippen molar-refractivity contribution in [1.29, 1.82) is 0 Å². The SMILES string of the molecule is CNC(=O)CCCN(C)C(C)C(=O)O. The monoisotopic (exact) mass is 202 g/mol. The second kappa shape index (κ2) is 6.37. The van der Waals surface area contributed by atoms with Crippen LogP contribution in [0, 0.1) is 0 Å². The van der Waals surface area contributed by atoms with Crippen LogP contribution in [-0.4, -0.2) is 48.6 Å². The fourth-order valence-electron chi connectivity index (χ4n) is 0.996. The zero-order valence-corrected chi connectivity index (χ0v) is 8.91. The third kappa shape index (κ3) is 4.81. The molecule has 82 valence electrons. The van der Waals surface area contributed by atoms with Crippen LogP contribution >= 0.6 is 0 Å². The van der Waals surface area contributed by atoms with Crippen molar-refractivity contribution in [3.63, 3.8) is 0 Å². The highest BCUT2D eigenvalue weighted by Crippen LogP contribution is 1.99. The van der Waals surface area contributed by atoms with Crippen LogP contribution < -0.4 is 5.32 Å². The maximum Gasteiger partial charge on any atom is 0.320 e. The molecule has 2 N–H and O–H groups in total. The maximum atomic E-state index is 10.9. The number of likely N-dealkylation sites (N-methyl/N-ethyl adjacent to an activating group) is 1. The van der Waals surface area contributed by atoms with E-state index in [1.807, 2.05) is 0 Å². The van der Waals surface area contributed by atoms with Crippen LogP contribution in [0.15, 0.2) is 0 Å². The second-order valence-electron chi connectivity index (χ2n) is 3.27. The van der Waals surface area contributed by atoms with Crippen LogP contribution in [0.1, 0.15) is 19.8 Å². The van der Waals surface area contributed by atoms with Crippen LogP contribution in [-0.2, 0) is 9.59 Å². The normalized spacial score (nSPS) is 12.6. The summed E-state index contributed by atoms with van der Waals surface area (Å²) in [5, 5.41) is 11.2. The fraction of sp³-hybridized carbons (Fsp3) is 0.778. The third-order valence-electron chi connectivity index (χ3n) is 2.21. The largest absolute Gasteiger partial charge is 0.480 e. The van der Waals surface area contributed by atoms with Gasteiger partial charge in [0.2, 0.25) is 5.91 Å². The molecule has 0 aliphatic rings. The Kier molecular flexibility index (Phi) is 5.87. The van der Waals surface area contributed by atoms with Crippen LogP contribution in [0.3, 0.4) is 0 Å². The average Bonchev–Trinajstić information content (AvgIpc) is 2.15. The van der Waals surface area contributed by atoms with E-state index in [0.29, 0.717) is 19.4 Å². The van der Waals surface area contributed by atoms with Gasteiger partial charge in [0.25, 0.3) is 0 Å². The first-order valence-electron chi connectivity index (χ1n) is 4.62. The lowest BCUT2D eigenvalue weighted by Crippen LogP contribution is -2.36. The maximum absolute atomic E-state index is 10.9. The molecule has 0 saturated carbocycles. The first-order chi connectivity index (χ1) is 6.49. The van der Waals surface area contributed by atoms with E-state index in [2.05, 4.69) is 5.32 Å². The van der Waals surface area contributed by atoms with E-state index >= 15 is 0 Å². The molecule has 0 bridgehead atoms. The molecule has 14 heavy (non-hydrogen) atoms. The first kappa shape index (κ1) is 12.9. The van der Waals surface area contributed by atoms with Gasteiger partial charge in [0, 0.05) is 13.5 Å². The molecule has 1 unspecified atom stereocenters. The predicted molar refractivity (Wildman–Crippen MR) is 53.0 cm³/mol. The van der Waals surface area contributed by atoms with Crippen molar-refractivity contribution in [3.05, 3.63) is 0 Å². The van der Waals surface area contributed by atoms with Crippen molar-refractivity contribution in [1.82, 2.24) is 10.2 Å². The number of nitrogens with one attached hydrogen (secondary N) is 1. The lowest BCUT2D eigenvalue weighted by Gasteiger charge is -2.20. The summed E-state index contributed by atoms with van der Waals surface area (Å²) in [7, 11) is 3.33. The Morgan fingerprint density at radius 2 is 2.07 bits per heavy atom. The molecule has 0 aromatic heterocycles. The highest BCUT2D eigenvalue weighted by Gasteiger charge is 2.15. The summed E-state index contributed by atoms with van der Waals surface area (Å²) in [6.07, 6.45) is 1.11. The van der Waals surface area contributed by atoms with Crippen molar-refractivity contribution in [2.24, 2.45) is 0 Å². The Labute approximate surface area is 84.1 Å². The number of amides is 1. The Morgan fingerprint density at radius 1 is 1.50 bits per heavy atom. The molecule has 0 spiro atoms. The summed E-state index contributed by atoms with van der Waals surface area (Å²) in [4.78, 5) is 23.1. The lowest BCUT2D eigenvalue weighted by molar-refractivity contribution is -0.142. The molecule has 0 rings (SSSR count). The van der Waals surface area contributed by atoms with Gasteiger partial charge in [-0.15, -0.1) is 0 Å². The Morgan fingerprint density at radius 3 is 2.50 bits per heavy atom. The number of carboxylic acid groups (broad SMARTS) is 1. The number of aliphatic carboxylic acids is 1. The van der Waals surface area contributed by atoms with E-state index in [4.69, 9.17) is 5.11 Å². The first-order valence-corrected chi connectivity index (χ1v) is 4.62. The smallest absolute Gasteiger partial charge is 0.320 e. The Hall–Kier alpha value is -1.10. The minimum atomic E-state index is -0.840. The molecule has 0 aliphatic heterocycles. The molecule has 5 heteroatoms. The highest BCUT2D eigenvalue weighted by atomic mass is 16.4. The number of hydrogen-bond donors (Lipinski definition) is 2. The van der Waals surface area contributed by atoms with Gasteiger partial charge in [-0.2, -0.15) is 0 Å². The molecular weight excluding hydrogens is 184 g/mol. The number of hydrogen-bond acceptors (Lipinski definition) is 3. The topological polar surface area (TPSA) is 69.6 Å². The second-order valence-corrected chi connectivity index (χ2v) is 3.27. The van der Waals surface area contributed by atoms with Gasteiger partial charge in [0.05, 0.1) is 0 Å². The number of carbonyl (C=O) groups excluding carboxylic acids is 1. The van der Waals surface area contributed by atoms with Crippen LogP contribution in [0.25, 0.3) is 0 Å². The van der Waals surface area contributed by atoms with Crippen molar-refractivity contribution in [2.75, 3.05) is 20.6 Å². The molecule has 1 atom stereocenters. The van der Waals surface area contributed by atoms with Crippen LogP contribution in [0.5, 0.6) is 0 Å². The lowest BCUT2D eigenvalue weighted by atomic mass is 10.2. The standard InChI is InChI=1S/C9H18N2O3/c1-7(9(13)14)11(3)6-4-5-8(12)10-2/h7H,4-6H2,1-3H3,(H,10,12)(H,13,14). The van der Waals surface area contributed by atoms with Crippen LogP contribution in [0.2, 0.25) is 0 Å². The van der Waals surface area contributed by atoms with Gasteiger partial charge in [-0.1, -0.05) is 0 Å². The van der Waals surface area contributed by atoms with Gasteiger partial charge in [0.1, 0.15) is 6.04 Å². The minimum Gasteiger partial charge on any atom is -0.480 e. The molecule has 0 saturated heterocycles. The minimum absolute atomic E-state index is 0.0126. The summed E-state index contributed by atoms with van der Waals surface area (Å²) in [5.74, 6) is -0.853. The third-order valence-corrected chi connectivity index (χ3v) is 2.21. The van der Waals surface area contributed by atoms with Gasteiger partial charge in [-0.3, -0.25) is 14.5 Å². The molecule has 0 aromatic rings. The van der Waals surface area contributed by atoms with Gasteiger partial charge in [-0.25, -0.2) is 0 Å². The zero-order chi connectivity index (χ0) is 11.1. The Bertz CT molecular complexity index is 206. The van der Waals surface area contributed by atoms with E-state index in [-0.39, 0.29) is 5.91 Å². The summed E-state index contributed by atoms with van der Waals surface area (Å²) in [6, 6.07) is -0.500. The summed E-state index contributed by atoms with van der Waals surface area (Å²) >= 11 is 0. The van der Waals surface area contributed by atoms with E-state index in [0.717, 1.165) is 0 Å². The molecule has 5 nitrogen and oxygen atoms in total. The molecule has 0 aliphatic carbocycles. The van der Waals surface area contributed by atoms with Crippen molar-refractivity contribution in [3.8, 4) is 0 Å². The number of carboxylic acids is 1. The van der Waals surface area contributed by atoms with E-state index in [9.17, 15) is 9.59 Å². The summed E-state index contributed by atoms with van der Waals surface area (Å²) in [6.45, 7) is 2.24. The van der Waals surface area contributed by atoms with E-state index in [1.54, 1.807) is 25.9 Å². The fourth-order valence-corrected chi connectivity index (χ4v) is 0.996. The van der Waals surface area contributed by atoms with Gasteiger partial charge in [-0.05, 0) is 26.9 Å². The molecule has 0 aromatic carbocycles. The van der Waals surface area contributed by atoms with E-state index in [1.165, 1.54) is 0 Å². The Balaban J connectivity index is 3.68. The van der Waals surface area contributed by atoms with Crippen molar-refractivity contribution in [2.45, 2.75) is 25.8 Å². The quantitative estimate of drug-likeness (QED) is 0.632.